The third-order valence-electron chi connectivity index (χ3n) is 1.32. The van der Waals surface area contributed by atoms with Crippen molar-refractivity contribution in [1.29, 1.82) is 0 Å². The third kappa shape index (κ3) is 2.28. The van der Waals surface area contributed by atoms with Crippen molar-refractivity contribution in [2.75, 3.05) is 7.11 Å². The topological polar surface area (TPSA) is 22.1 Å². The first-order valence-electron chi connectivity index (χ1n) is 3.24. The number of methoxy groups -OCH3 is 1. The Labute approximate surface area is 87.0 Å². The number of hydrogen-bond acceptors (Lipinski definition) is 2. The first-order valence-corrected chi connectivity index (χ1v) is 4.41. The van der Waals surface area contributed by atoms with E-state index >= 15 is 0 Å². The zero-order valence-electron chi connectivity index (χ0n) is 6.52. The molecule has 0 aliphatic carbocycles. The molecule has 0 bridgehead atoms. The lowest BCUT2D eigenvalue weighted by Gasteiger charge is -2.06. The van der Waals surface area contributed by atoms with E-state index in [9.17, 15) is 8.78 Å². The van der Waals surface area contributed by atoms with Crippen LogP contribution in [0.15, 0.2) is 10.5 Å². The number of halogens is 4. The van der Waals surface area contributed by atoms with Crippen LogP contribution in [0, 0.1) is 0 Å². The minimum Gasteiger partial charge on any atom is -0.480 e. The quantitative estimate of drug-likeness (QED) is 0.823. The second-order valence-corrected chi connectivity index (χ2v) is 3.35. The van der Waals surface area contributed by atoms with E-state index in [0.29, 0.717) is 4.47 Å². The van der Waals surface area contributed by atoms with Crippen molar-refractivity contribution in [2.24, 2.45) is 0 Å². The summed E-state index contributed by atoms with van der Waals surface area (Å²) in [7, 11) is 1.33. The van der Waals surface area contributed by atoms with Gasteiger partial charge in [0.2, 0.25) is 5.88 Å². The zero-order chi connectivity index (χ0) is 10.0. The van der Waals surface area contributed by atoms with Crippen molar-refractivity contribution in [1.82, 2.24) is 4.98 Å². The van der Waals surface area contributed by atoms with Crippen LogP contribution >= 0.6 is 27.5 Å². The van der Waals surface area contributed by atoms with E-state index in [1.54, 1.807) is 0 Å². The summed E-state index contributed by atoms with van der Waals surface area (Å²) < 4.78 is 29.5. The molecule has 0 saturated carbocycles. The second-order valence-electron chi connectivity index (χ2n) is 2.15. The molecule has 0 atom stereocenters. The number of nitrogens with zero attached hydrogens (tertiary/aromatic N) is 1. The Morgan fingerprint density at radius 2 is 2.23 bits per heavy atom. The molecule has 6 heteroatoms. The molecule has 1 aromatic rings. The van der Waals surface area contributed by atoms with Crippen LogP contribution in [0.25, 0.3) is 0 Å². The van der Waals surface area contributed by atoms with Gasteiger partial charge in [0.25, 0.3) is 6.43 Å². The van der Waals surface area contributed by atoms with E-state index < -0.39 is 12.1 Å². The van der Waals surface area contributed by atoms with E-state index in [0.717, 1.165) is 6.07 Å². The lowest BCUT2D eigenvalue weighted by Crippen LogP contribution is -1.95. The fraction of sp³-hybridized carbons (Fsp3) is 0.286. The summed E-state index contributed by atoms with van der Waals surface area (Å²) >= 11 is 8.70. The Morgan fingerprint density at radius 1 is 1.62 bits per heavy atom. The maximum absolute atomic E-state index is 12.2. The van der Waals surface area contributed by atoms with Crippen LogP contribution in [0.1, 0.15) is 12.1 Å². The summed E-state index contributed by atoms with van der Waals surface area (Å²) in [6.07, 6.45) is -2.65. The Bertz CT molecular complexity index is 322. The molecule has 0 fully saturated rings. The molecule has 0 saturated heterocycles. The maximum atomic E-state index is 12.2. The minimum atomic E-state index is -2.65. The Balaban J connectivity index is 3.22. The molecule has 1 heterocycles. The van der Waals surface area contributed by atoms with E-state index in [1.807, 2.05) is 0 Å². The molecule has 0 N–H and O–H groups in total. The highest BCUT2D eigenvalue weighted by Crippen LogP contribution is 2.33. The molecule has 0 radical (unpaired) electrons. The first kappa shape index (κ1) is 10.7. The van der Waals surface area contributed by atoms with Crippen LogP contribution in [0.4, 0.5) is 8.78 Å². The molecule has 0 amide bonds. The minimum absolute atomic E-state index is 0.0581. The summed E-state index contributed by atoms with van der Waals surface area (Å²) in [4.78, 5) is 3.55. The Hall–Kier alpha value is -0.420. The fourth-order valence-electron chi connectivity index (χ4n) is 0.741. The van der Waals surface area contributed by atoms with Gasteiger partial charge in [-0.1, -0.05) is 11.6 Å². The predicted molar refractivity (Wildman–Crippen MR) is 48.5 cm³/mol. The lowest BCUT2D eigenvalue weighted by atomic mass is 10.3. The first-order chi connectivity index (χ1) is 6.06. The molecule has 2 nitrogen and oxygen atoms in total. The van der Waals surface area contributed by atoms with Gasteiger partial charge in [0.1, 0.15) is 5.69 Å². The highest BCUT2D eigenvalue weighted by Gasteiger charge is 2.15. The largest absolute Gasteiger partial charge is 0.480 e. The van der Waals surface area contributed by atoms with Crippen LogP contribution in [0.3, 0.4) is 0 Å². The average molecular weight is 272 g/mol. The van der Waals surface area contributed by atoms with Gasteiger partial charge >= 0.3 is 0 Å². The van der Waals surface area contributed by atoms with Crippen LogP contribution in [-0.4, -0.2) is 12.1 Å². The number of pyridine rings is 1. The monoisotopic (exact) mass is 271 g/mol. The fourth-order valence-corrected chi connectivity index (χ4v) is 1.30. The number of rotatable bonds is 2. The van der Waals surface area contributed by atoms with E-state index in [-0.39, 0.29) is 10.9 Å². The third-order valence-corrected chi connectivity index (χ3v) is 2.61. The van der Waals surface area contributed by atoms with Crippen LogP contribution in [-0.2, 0) is 0 Å². The number of ether oxygens (including phenoxy) is 1. The van der Waals surface area contributed by atoms with Gasteiger partial charge in [-0.25, -0.2) is 13.8 Å². The highest BCUT2D eigenvalue weighted by atomic mass is 79.9. The van der Waals surface area contributed by atoms with Crippen molar-refractivity contribution in [2.45, 2.75) is 6.43 Å². The second kappa shape index (κ2) is 4.19. The van der Waals surface area contributed by atoms with Crippen molar-refractivity contribution in [3.63, 3.8) is 0 Å². The smallest absolute Gasteiger partial charge is 0.280 e. The zero-order valence-corrected chi connectivity index (χ0v) is 8.86. The van der Waals surface area contributed by atoms with Gasteiger partial charge in [0, 0.05) is 0 Å². The Kier molecular flexibility index (Phi) is 3.44. The van der Waals surface area contributed by atoms with Crippen LogP contribution in [0.5, 0.6) is 5.88 Å². The normalized spacial score (nSPS) is 10.6. The van der Waals surface area contributed by atoms with Crippen molar-refractivity contribution >= 4 is 27.5 Å². The van der Waals surface area contributed by atoms with Crippen molar-refractivity contribution < 1.29 is 13.5 Å². The Morgan fingerprint density at radius 3 is 2.69 bits per heavy atom. The molecule has 0 unspecified atom stereocenters. The van der Waals surface area contributed by atoms with Gasteiger partial charge < -0.3 is 4.74 Å². The number of aromatic nitrogens is 1. The lowest BCUT2D eigenvalue weighted by molar-refractivity contribution is 0.145. The molecule has 0 aromatic carbocycles. The van der Waals surface area contributed by atoms with Gasteiger partial charge in [0.15, 0.2) is 0 Å². The average Bonchev–Trinajstić information content (AvgIpc) is 2.09. The van der Waals surface area contributed by atoms with E-state index in [1.165, 1.54) is 7.11 Å². The molecule has 0 aliphatic rings. The molecule has 13 heavy (non-hydrogen) atoms. The standard InChI is InChI=1S/C7H5BrClF2NO/c1-13-7-5(8)3(9)2-4(12-7)6(10)11/h2,6H,1H3. The molecule has 1 aromatic heterocycles. The van der Waals surface area contributed by atoms with Gasteiger partial charge in [-0.3, -0.25) is 0 Å². The maximum Gasteiger partial charge on any atom is 0.280 e. The molecule has 0 spiro atoms. The number of alkyl halides is 2. The highest BCUT2D eigenvalue weighted by molar-refractivity contribution is 9.10. The summed E-state index contributed by atoms with van der Waals surface area (Å²) in [5, 5.41) is 0.155. The van der Waals surface area contributed by atoms with Crippen molar-refractivity contribution in [3.8, 4) is 5.88 Å². The summed E-state index contributed by atoms with van der Waals surface area (Å²) in [6.45, 7) is 0. The van der Waals surface area contributed by atoms with Crippen LogP contribution < -0.4 is 4.74 Å². The van der Waals surface area contributed by atoms with E-state index in [2.05, 4.69) is 20.9 Å². The summed E-state index contributed by atoms with van der Waals surface area (Å²) in [5.41, 5.74) is -0.398. The predicted octanol–water partition coefficient (Wildman–Crippen LogP) is 3.44. The van der Waals surface area contributed by atoms with Gasteiger partial charge in [-0.2, -0.15) is 0 Å². The molecule has 0 aliphatic heterocycles. The molecule has 1 rings (SSSR count). The van der Waals surface area contributed by atoms with Gasteiger partial charge in [0.05, 0.1) is 16.6 Å². The SMILES string of the molecule is COc1nc(C(F)F)cc(Cl)c1Br. The summed E-state index contributed by atoms with van der Waals surface area (Å²) in [6, 6.07) is 1.10. The summed E-state index contributed by atoms with van der Waals surface area (Å²) in [5.74, 6) is 0.0581. The molecular weight excluding hydrogens is 267 g/mol. The van der Waals surface area contributed by atoms with Gasteiger partial charge in [-0.15, -0.1) is 0 Å². The molecular formula is C7H5BrClF2NO. The van der Waals surface area contributed by atoms with E-state index in [4.69, 9.17) is 16.3 Å². The van der Waals surface area contributed by atoms with Crippen LogP contribution in [0.2, 0.25) is 5.02 Å². The van der Waals surface area contributed by atoms with Gasteiger partial charge in [-0.05, 0) is 22.0 Å². The van der Waals surface area contributed by atoms with Crippen molar-refractivity contribution in [3.05, 3.63) is 21.3 Å². The molecule has 72 valence electrons. The number of hydrogen-bond donors (Lipinski definition) is 0.